The summed E-state index contributed by atoms with van der Waals surface area (Å²) in [5, 5.41) is 13.1. The Morgan fingerprint density at radius 2 is 2.71 bits per heavy atom. The van der Waals surface area contributed by atoms with Crippen molar-refractivity contribution >= 4 is 17.4 Å². The first-order valence-corrected chi connectivity index (χ1v) is 2.44. The molecule has 1 aromatic heterocycles. The lowest BCUT2D eigenvalue weighted by Gasteiger charge is -1.81. The molecule has 1 heterocycles. The zero-order valence-electron chi connectivity index (χ0n) is 3.33. The Kier molecular flexibility index (Phi) is 1.19. The van der Waals surface area contributed by atoms with E-state index < -0.39 is 0 Å². The number of hydrogen-bond acceptors (Lipinski definition) is 5. The maximum atomic E-state index is 8.08. The molecule has 4 nitrogen and oxygen atoms in total. The van der Waals surface area contributed by atoms with Crippen molar-refractivity contribution in [2.45, 2.75) is 0 Å². The van der Waals surface area contributed by atoms with E-state index in [1.165, 1.54) is 11.5 Å². The van der Waals surface area contributed by atoms with Gasteiger partial charge in [0.25, 0.3) is 0 Å². The average Bonchev–Trinajstić information content (AvgIpc) is 2.14. The summed E-state index contributed by atoms with van der Waals surface area (Å²) in [5.41, 5.74) is 1.84. The Balaban J connectivity index is 2.76. The number of hydrogen-bond donors (Lipinski definition) is 2. The highest BCUT2D eigenvalue weighted by atomic mass is 32.1. The molecule has 0 aliphatic heterocycles. The van der Waals surface area contributed by atoms with E-state index in [1.54, 1.807) is 5.38 Å². The van der Waals surface area contributed by atoms with E-state index in [2.05, 4.69) is 9.59 Å². The minimum Gasteiger partial charge on any atom is -0.290 e. The first-order valence-electron chi connectivity index (χ1n) is 1.60. The van der Waals surface area contributed by atoms with E-state index in [0.717, 1.165) is 0 Å². The Hall–Kier alpha value is -0.680. The van der Waals surface area contributed by atoms with E-state index in [-0.39, 0.29) is 0 Å². The highest BCUT2D eigenvalue weighted by Gasteiger charge is 1.85. The van der Waals surface area contributed by atoms with Crippen LogP contribution < -0.4 is 5.48 Å². The molecule has 38 valence electrons. The van der Waals surface area contributed by atoms with E-state index in [4.69, 9.17) is 5.21 Å². The third-order valence-corrected chi connectivity index (χ3v) is 0.979. The minimum atomic E-state index is 0.394. The molecule has 2 N–H and O–H groups in total. The maximum Gasteiger partial charge on any atom is 0.184 e. The fourth-order valence-corrected chi connectivity index (χ4v) is 0.595. The van der Waals surface area contributed by atoms with Crippen LogP contribution in [-0.2, 0) is 0 Å². The Bertz CT molecular complexity index is 127. The molecule has 0 aliphatic rings. The predicted octanol–water partition coefficient (Wildman–Crippen LogP) is 0.339. The molecule has 0 saturated carbocycles. The summed E-state index contributed by atoms with van der Waals surface area (Å²) in [6.45, 7) is 0. The van der Waals surface area contributed by atoms with Crippen LogP contribution >= 0.6 is 11.5 Å². The zero-order chi connectivity index (χ0) is 5.11. The summed E-state index contributed by atoms with van der Waals surface area (Å²) in [4.78, 5) is 0. The lowest BCUT2D eigenvalue weighted by molar-refractivity contribution is 0.386. The molecule has 7 heavy (non-hydrogen) atoms. The summed E-state index contributed by atoms with van der Waals surface area (Å²) in [6.07, 6.45) is 0. The van der Waals surface area contributed by atoms with Gasteiger partial charge in [0.2, 0.25) is 0 Å². The molecule has 0 atom stereocenters. The smallest absolute Gasteiger partial charge is 0.184 e. The Labute approximate surface area is 43.9 Å². The van der Waals surface area contributed by atoms with E-state index in [9.17, 15) is 0 Å². The monoisotopic (exact) mass is 117 g/mol. The minimum absolute atomic E-state index is 0.394. The summed E-state index contributed by atoms with van der Waals surface area (Å²) < 4.78 is 3.46. The van der Waals surface area contributed by atoms with Gasteiger partial charge in [-0.1, -0.05) is 4.49 Å². The van der Waals surface area contributed by atoms with Crippen LogP contribution in [-0.4, -0.2) is 14.8 Å². The lowest BCUT2D eigenvalue weighted by atomic mass is 10.9. The van der Waals surface area contributed by atoms with Gasteiger partial charge in [0.1, 0.15) is 0 Å². The zero-order valence-corrected chi connectivity index (χ0v) is 4.14. The number of rotatable bonds is 1. The van der Waals surface area contributed by atoms with E-state index in [0.29, 0.717) is 5.82 Å². The van der Waals surface area contributed by atoms with Crippen LogP contribution in [0.5, 0.6) is 0 Å². The molecule has 0 bridgehead atoms. The van der Waals surface area contributed by atoms with E-state index >= 15 is 0 Å². The van der Waals surface area contributed by atoms with Crippen LogP contribution in [0, 0.1) is 0 Å². The van der Waals surface area contributed by atoms with Gasteiger partial charge in [-0.25, -0.2) is 5.48 Å². The predicted molar refractivity (Wildman–Crippen MR) is 25.3 cm³/mol. The molecule has 0 unspecified atom stereocenters. The highest BCUT2D eigenvalue weighted by Crippen LogP contribution is 1.99. The van der Waals surface area contributed by atoms with Gasteiger partial charge in [-0.2, -0.15) is 0 Å². The molecule has 0 aromatic carbocycles. The molecule has 1 aromatic rings. The van der Waals surface area contributed by atoms with Gasteiger partial charge in [0.05, 0.1) is 5.38 Å². The average molecular weight is 117 g/mol. The molecule has 0 fully saturated rings. The lowest BCUT2D eigenvalue weighted by Crippen LogP contribution is -1.87. The maximum absolute atomic E-state index is 8.08. The van der Waals surface area contributed by atoms with Crippen molar-refractivity contribution in [1.82, 2.24) is 9.59 Å². The normalized spacial score (nSPS) is 8.71. The van der Waals surface area contributed by atoms with Gasteiger partial charge in [-0.15, -0.1) is 5.10 Å². The molecule has 1 rings (SSSR count). The third kappa shape index (κ3) is 0.847. The number of aromatic nitrogens is 2. The van der Waals surface area contributed by atoms with Crippen LogP contribution in [0.25, 0.3) is 0 Å². The van der Waals surface area contributed by atoms with Crippen LogP contribution in [0.1, 0.15) is 0 Å². The standard InChI is InChI=1S/C2H3N3OS/c6-4-2-1-7-5-3-2/h1,4,6H. The second-order valence-corrected chi connectivity index (χ2v) is 1.51. The number of nitrogens with one attached hydrogen (secondary N) is 1. The molecule has 0 spiro atoms. The SMILES string of the molecule is ONc1csnn1. The fourth-order valence-electron chi connectivity index (χ4n) is 0.213. The van der Waals surface area contributed by atoms with Crippen LogP contribution in [0.4, 0.5) is 5.82 Å². The largest absolute Gasteiger partial charge is 0.290 e. The summed E-state index contributed by atoms with van der Waals surface area (Å²) >= 11 is 1.18. The van der Waals surface area contributed by atoms with Crippen LogP contribution in [0.15, 0.2) is 5.38 Å². The van der Waals surface area contributed by atoms with Crippen LogP contribution in [0.3, 0.4) is 0 Å². The molecule has 0 aliphatic carbocycles. The van der Waals surface area contributed by atoms with Crippen molar-refractivity contribution < 1.29 is 5.21 Å². The summed E-state index contributed by atoms with van der Waals surface area (Å²) in [7, 11) is 0. The number of nitrogens with zero attached hydrogens (tertiary/aromatic N) is 2. The summed E-state index contributed by atoms with van der Waals surface area (Å²) in [5.74, 6) is 0.394. The molecule has 0 amide bonds. The van der Waals surface area contributed by atoms with Crippen molar-refractivity contribution in [2.75, 3.05) is 5.48 Å². The Morgan fingerprint density at radius 3 is 3.00 bits per heavy atom. The van der Waals surface area contributed by atoms with Gasteiger partial charge in [0.15, 0.2) is 5.82 Å². The topological polar surface area (TPSA) is 58.0 Å². The van der Waals surface area contributed by atoms with Gasteiger partial charge < -0.3 is 0 Å². The highest BCUT2D eigenvalue weighted by molar-refractivity contribution is 7.03. The molecular formula is C2H3N3OS. The first kappa shape index (κ1) is 4.48. The molecule has 0 radical (unpaired) electrons. The van der Waals surface area contributed by atoms with Gasteiger partial charge in [-0.3, -0.25) is 5.21 Å². The van der Waals surface area contributed by atoms with E-state index in [1.807, 2.05) is 5.48 Å². The van der Waals surface area contributed by atoms with Crippen molar-refractivity contribution in [3.05, 3.63) is 5.38 Å². The van der Waals surface area contributed by atoms with Gasteiger partial charge >= 0.3 is 0 Å². The van der Waals surface area contributed by atoms with Crippen molar-refractivity contribution in [3.8, 4) is 0 Å². The second-order valence-electron chi connectivity index (χ2n) is 0.902. The quantitative estimate of drug-likeness (QED) is 0.521. The fraction of sp³-hybridized carbons (Fsp3) is 0. The second kappa shape index (κ2) is 1.85. The van der Waals surface area contributed by atoms with Crippen molar-refractivity contribution in [3.63, 3.8) is 0 Å². The summed E-state index contributed by atoms with van der Waals surface area (Å²) in [6, 6.07) is 0. The molecular weight excluding hydrogens is 114 g/mol. The molecule has 5 heteroatoms. The van der Waals surface area contributed by atoms with Crippen LogP contribution in [0.2, 0.25) is 0 Å². The number of anilines is 1. The van der Waals surface area contributed by atoms with Gasteiger partial charge in [-0.05, 0) is 11.5 Å². The van der Waals surface area contributed by atoms with Gasteiger partial charge in [0, 0.05) is 0 Å². The third-order valence-electron chi connectivity index (χ3n) is 0.475. The Morgan fingerprint density at radius 1 is 1.86 bits per heavy atom. The van der Waals surface area contributed by atoms with Crippen molar-refractivity contribution in [2.24, 2.45) is 0 Å². The molecule has 0 saturated heterocycles. The first-order chi connectivity index (χ1) is 3.43. The van der Waals surface area contributed by atoms with Crippen molar-refractivity contribution in [1.29, 1.82) is 0 Å².